The highest BCUT2D eigenvalue weighted by atomic mass is 15.1. The first-order valence-electron chi connectivity index (χ1n) is 7.22. The summed E-state index contributed by atoms with van der Waals surface area (Å²) in [6, 6.07) is 10.3. The zero-order chi connectivity index (χ0) is 14.5. The Morgan fingerprint density at radius 1 is 1.14 bits per heavy atom. The van der Waals surface area contributed by atoms with Gasteiger partial charge in [-0.2, -0.15) is 0 Å². The minimum absolute atomic E-state index is 0.730. The van der Waals surface area contributed by atoms with E-state index in [1.54, 1.807) is 6.20 Å². The summed E-state index contributed by atoms with van der Waals surface area (Å²) in [6.07, 6.45) is 6.75. The van der Waals surface area contributed by atoms with Crippen molar-refractivity contribution >= 4 is 17.3 Å². The molecule has 0 aliphatic carbocycles. The highest BCUT2D eigenvalue weighted by Gasteiger charge is 2.07. The van der Waals surface area contributed by atoms with Gasteiger partial charge in [-0.05, 0) is 12.0 Å². The average molecular weight is 281 g/mol. The standard InChI is InChI=1S/C16H19N5/c1-2-8-17-14-12-21-10-9-18-16(21)15(20-14)19-11-13-6-4-3-5-7-13/h3-7,9-10,12,17H,2,8,11H2,1H3,(H,19,20). The van der Waals surface area contributed by atoms with E-state index >= 15 is 0 Å². The third-order valence-corrected chi connectivity index (χ3v) is 3.23. The van der Waals surface area contributed by atoms with Crippen LogP contribution in [0.2, 0.25) is 0 Å². The Kier molecular flexibility index (Phi) is 4.00. The van der Waals surface area contributed by atoms with Crippen LogP contribution in [0, 0.1) is 0 Å². The molecule has 5 nitrogen and oxygen atoms in total. The SMILES string of the molecule is CCCNc1cn2ccnc2c(NCc2ccccc2)n1. The fourth-order valence-electron chi connectivity index (χ4n) is 2.17. The van der Waals surface area contributed by atoms with E-state index in [9.17, 15) is 0 Å². The number of benzene rings is 1. The number of fused-ring (bicyclic) bond motifs is 1. The first-order chi connectivity index (χ1) is 10.4. The summed E-state index contributed by atoms with van der Waals surface area (Å²) in [7, 11) is 0. The molecule has 2 N–H and O–H groups in total. The highest BCUT2D eigenvalue weighted by Crippen LogP contribution is 2.17. The van der Waals surface area contributed by atoms with Gasteiger partial charge in [-0.3, -0.25) is 0 Å². The molecule has 2 heterocycles. The lowest BCUT2D eigenvalue weighted by atomic mass is 10.2. The molecule has 5 heteroatoms. The Bertz CT molecular complexity index is 705. The summed E-state index contributed by atoms with van der Waals surface area (Å²) < 4.78 is 1.98. The maximum absolute atomic E-state index is 4.62. The van der Waals surface area contributed by atoms with Crippen LogP contribution in [0.3, 0.4) is 0 Å². The molecule has 0 aliphatic rings. The van der Waals surface area contributed by atoms with Crippen molar-refractivity contribution in [3.8, 4) is 0 Å². The van der Waals surface area contributed by atoms with Crippen molar-refractivity contribution < 1.29 is 0 Å². The molecule has 0 radical (unpaired) electrons. The number of imidazole rings is 1. The zero-order valence-corrected chi connectivity index (χ0v) is 12.1. The fourth-order valence-corrected chi connectivity index (χ4v) is 2.17. The quantitative estimate of drug-likeness (QED) is 0.728. The predicted octanol–water partition coefficient (Wildman–Crippen LogP) is 3.16. The van der Waals surface area contributed by atoms with Crippen LogP contribution in [-0.4, -0.2) is 20.9 Å². The molecule has 0 saturated heterocycles. The molecule has 0 atom stereocenters. The van der Waals surface area contributed by atoms with E-state index in [1.807, 2.05) is 35.0 Å². The Balaban J connectivity index is 1.83. The predicted molar refractivity (Wildman–Crippen MR) is 85.5 cm³/mol. The molecule has 0 fully saturated rings. The molecular formula is C16H19N5. The molecule has 0 saturated carbocycles. The van der Waals surface area contributed by atoms with Crippen molar-refractivity contribution in [2.75, 3.05) is 17.2 Å². The molecule has 108 valence electrons. The Morgan fingerprint density at radius 2 is 2.00 bits per heavy atom. The normalized spacial score (nSPS) is 10.7. The molecule has 0 spiro atoms. The monoisotopic (exact) mass is 281 g/mol. The molecule has 3 aromatic rings. The molecule has 2 aromatic heterocycles. The van der Waals surface area contributed by atoms with Gasteiger partial charge in [0, 0.05) is 25.5 Å². The Hall–Kier alpha value is -2.56. The van der Waals surface area contributed by atoms with E-state index in [-0.39, 0.29) is 0 Å². The van der Waals surface area contributed by atoms with Crippen molar-refractivity contribution in [2.24, 2.45) is 0 Å². The lowest BCUT2D eigenvalue weighted by molar-refractivity contribution is 0.959. The minimum atomic E-state index is 0.730. The van der Waals surface area contributed by atoms with Crippen LogP contribution >= 0.6 is 0 Å². The van der Waals surface area contributed by atoms with Crippen molar-refractivity contribution in [1.82, 2.24) is 14.4 Å². The van der Waals surface area contributed by atoms with Crippen LogP contribution in [0.5, 0.6) is 0 Å². The largest absolute Gasteiger partial charge is 0.369 e. The summed E-state index contributed by atoms with van der Waals surface area (Å²) in [5.41, 5.74) is 2.06. The second-order valence-electron chi connectivity index (χ2n) is 4.90. The molecule has 0 amide bonds. The summed E-state index contributed by atoms with van der Waals surface area (Å²) >= 11 is 0. The van der Waals surface area contributed by atoms with Crippen molar-refractivity contribution in [1.29, 1.82) is 0 Å². The maximum atomic E-state index is 4.62. The van der Waals surface area contributed by atoms with Crippen molar-refractivity contribution in [2.45, 2.75) is 19.9 Å². The smallest absolute Gasteiger partial charge is 0.180 e. The number of nitrogens with zero attached hydrogens (tertiary/aromatic N) is 3. The molecule has 0 aliphatic heterocycles. The van der Waals surface area contributed by atoms with Crippen LogP contribution in [0.25, 0.3) is 5.65 Å². The van der Waals surface area contributed by atoms with Gasteiger partial charge < -0.3 is 15.0 Å². The van der Waals surface area contributed by atoms with Crippen LogP contribution < -0.4 is 10.6 Å². The third kappa shape index (κ3) is 3.13. The number of hydrogen-bond donors (Lipinski definition) is 2. The fraction of sp³-hybridized carbons (Fsp3) is 0.250. The number of nitrogens with one attached hydrogen (secondary N) is 2. The Morgan fingerprint density at radius 3 is 2.81 bits per heavy atom. The van der Waals surface area contributed by atoms with Crippen molar-refractivity contribution in [3.63, 3.8) is 0 Å². The van der Waals surface area contributed by atoms with Gasteiger partial charge in [-0.1, -0.05) is 37.3 Å². The van der Waals surface area contributed by atoms with Gasteiger partial charge in [0.25, 0.3) is 0 Å². The molecule has 1 aromatic carbocycles. The lowest BCUT2D eigenvalue weighted by Gasteiger charge is -2.10. The van der Waals surface area contributed by atoms with E-state index in [1.165, 1.54) is 5.56 Å². The van der Waals surface area contributed by atoms with Crippen LogP contribution in [0.1, 0.15) is 18.9 Å². The number of hydrogen-bond acceptors (Lipinski definition) is 4. The third-order valence-electron chi connectivity index (χ3n) is 3.23. The number of anilines is 2. The molecule has 0 bridgehead atoms. The summed E-state index contributed by atoms with van der Waals surface area (Å²) in [6.45, 7) is 3.77. The summed E-state index contributed by atoms with van der Waals surface area (Å²) in [4.78, 5) is 8.98. The van der Waals surface area contributed by atoms with Crippen LogP contribution in [-0.2, 0) is 6.54 Å². The van der Waals surface area contributed by atoms with Gasteiger partial charge in [0.05, 0.1) is 6.20 Å². The number of aromatic nitrogens is 3. The van der Waals surface area contributed by atoms with E-state index < -0.39 is 0 Å². The van der Waals surface area contributed by atoms with E-state index in [2.05, 4.69) is 39.7 Å². The van der Waals surface area contributed by atoms with Gasteiger partial charge in [0.2, 0.25) is 0 Å². The first kappa shape index (κ1) is 13.4. The lowest BCUT2D eigenvalue weighted by Crippen LogP contribution is -2.08. The highest BCUT2D eigenvalue weighted by molar-refractivity contribution is 5.65. The topological polar surface area (TPSA) is 54.2 Å². The maximum Gasteiger partial charge on any atom is 0.180 e. The second-order valence-corrected chi connectivity index (χ2v) is 4.90. The van der Waals surface area contributed by atoms with Gasteiger partial charge in [-0.25, -0.2) is 9.97 Å². The van der Waals surface area contributed by atoms with Crippen LogP contribution in [0.15, 0.2) is 48.9 Å². The molecular weight excluding hydrogens is 262 g/mol. The average Bonchev–Trinajstić information content (AvgIpc) is 3.00. The van der Waals surface area contributed by atoms with E-state index in [0.29, 0.717) is 0 Å². The summed E-state index contributed by atoms with van der Waals surface area (Å²) in [5.74, 6) is 1.66. The van der Waals surface area contributed by atoms with Crippen molar-refractivity contribution in [3.05, 3.63) is 54.5 Å². The molecule has 0 unspecified atom stereocenters. The van der Waals surface area contributed by atoms with Crippen LogP contribution in [0.4, 0.5) is 11.6 Å². The van der Waals surface area contributed by atoms with Gasteiger partial charge in [0.15, 0.2) is 11.5 Å². The number of rotatable bonds is 6. The first-order valence-corrected chi connectivity index (χ1v) is 7.22. The van der Waals surface area contributed by atoms with Gasteiger partial charge in [-0.15, -0.1) is 0 Å². The molecule has 21 heavy (non-hydrogen) atoms. The summed E-state index contributed by atoms with van der Waals surface area (Å²) in [5, 5.41) is 6.69. The Labute approximate surface area is 124 Å². The van der Waals surface area contributed by atoms with Gasteiger partial charge in [0.1, 0.15) is 5.82 Å². The molecule has 3 rings (SSSR count). The van der Waals surface area contributed by atoms with E-state index in [4.69, 9.17) is 0 Å². The van der Waals surface area contributed by atoms with E-state index in [0.717, 1.165) is 36.8 Å². The van der Waals surface area contributed by atoms with Gasteiger partial charge >= 0.3 is 0 Å². The minimum Gasteiger partial charge on any atom is -0.369 e. The second kappa shape index (κ2) is 6.26. The zero-order valence-electron chi connectivity index (χ0n) is 12.1.